The van der Waals surface area contributed by atoms with Crippen LogP contribution >= 0.6 is 0 Å². The van der Waals surface area contributed by atoms with E-state index in [-0.39, 0.29) is 11.1 Å². The number of rotatable bonds is 3. The van der Waals surface area contributed by atoms with Crippen molar-refractivity contribution in [1.29, 1.82) is 0 Å². The van der Waals surface area contributed by atoms with Crippen LogP contribution in [0.15, 0.2) is 0 Å². The van der Waals surface area contributed by atoms with Gasteiger partial charge in [0.1, 0.15) is 6.10 Å². The van der Waals surface area contributed by atoms with Crippen LogP contribution in [0.2, 0.25) is 18.1 Å². The van der Waals surface area contributed by atoms with Gasteiger partial charge in [-0.3, -0.25) is 4.79 Å². The molecule has 71 valence electrons. The van der Waals surface area contributed by atoms with Gasteiger partial charge in [-0.05, 0) is 25.1 Å². The van der Waals surface area contributed by atoms with Crippen molar-refractivity contribution >= 4 is 14.6 Å². The lowest BCUT2D eigenvalue weighted by Gasteiger charge is -2.37. The molecule has 0 unspecified atom stereocenters. The Bertz CT molecular complexity index is 158. The predicted octanol–water partition coefficient (Wildman–Crippen LogP) is 2.51. The van der Waals surface area contributed by atoms with Crippen molar-refractivity contribution < 1.29 is 9.22 Å². The van der Waals surface area contributed by atoms with Crippen LogP contribution in [0.25, 0.3) is 0 Å². The third kappa shape index (κ3) is 3.07. The Kier molecular flexibility index (Phi) is 3.66. The lowest BCUT2D eigenvalue weighted by atomic mass is 10.2. The van der Waals surface area contributed by atoms with Crippen LogP contribution in [0.4, 0.5) is 0 Å². The van der Waals surface area contributed by atoms with E-state index >= 15 is 0 Å². The average Bonchev–Trinajstić information content (AvgIpc) is 1.84. The second-order valence-electron chi connectivity index (χ2n) is 4.64. The molecule has 0 fully saturated rings. The molecule has 0 aromatic carbocycles. The van der Waals surface area contributed by atoms with Crippen molar-refractivity contribution in [2.45, 2.75) is 51.9 Å². The summed E-state index contributed by atoms with van der Waals surface area (Å²) in [5.74, 6) is 0. The van der Waals surface area contributed by atoms with Gasteiger partial charge >= 0.3 is 0 Å². The number of hydrogen-bond donors (Lipinski definition) is 0. The largest absolute Gasteiger partial charge is 0.407 e. The topological polar surface area (TPSA) is 26.3 Å². The van der Waals surface area contributed by atoms with Gasteiger partial charge in [0.05, 0.1) is 0 Å². The molecule has 0 aliphatic carbocycles. The summed E-state index contributed by atoms with van der Waals surface area (Å²) < 4.78 is 5.67. The van der Waals surface area contributed by atoms with E-state index in [1.54, 1.807) is 6.92 Å². The molecule has 0 spiro atoms. The maximum atomic E-state index is 10.3. The van der Waals surface area contributed by atoms with Crippen molar-refractivity contribution in [1.82, 2.24) is 0 Å². The quantitative estimate of drug-likeness (QED) is 0.635. The lowest BCUT2D eigenvalue weighted by molar-refractivity contribution is 0.252. The molecule has 0 aliphatic heterocycles. The Labute approximate surface area is 76.4 Å². The van der Waals surface area contributed by atoms with E-state index in [0.29, 0.717) is 0 Å². The summed E-state index contributed by atoms with van der Waals surface area (Å²) >= 11 is 0. The number of hydrogen-bond acceptors (Lipinski definition) is 2. The summed E-state index contributed by atoms with van der Waals surface area (Å²) in [6.45, 7) is 12.4. The number of carbonyl (C=O) groups excluding carboxylic acids is 1. The molecular weight excluding hydrogens is 168 g/mol. The maximum absolute atomic E-state index is 10.3. The SMILES string of the molecule is C[C@@H]([C]=O)O[Si](C)(C)C(C)(C)C. The van der Waals surface area contributed by atoms with E-state index in [2.05, 4.69) is 33.9 Å². The minimum Gasteiger partial charge on any atom is -0.407 e. The summed E-state index contributed by atoms with van der Waals surface area (Å²) in [7, 11) is -1.75. The summed E-state index contributed by atoms with van der Waals surface area (Å²) in [5, 5.41) is 0.165. The van der Waals surface area contributed by atoms with Crippen molar-refractivity contribution in [2.24, 2.45) is 0 Å². The smallest absolute Gasteiger partial charge is 0.228 e. The molecule has 0 amide bonds. The minimum atomic E-state index is -1.75. The van der Waals surface area contributed by atoms with Crippen molar-refractivity contribution in [3.8, 4) is 0 Å². The van der Waals surface area contributed by atoms with E-state index in [9.17, 15) is 4.79 Å². The zero-order valence-corrected chi connectivity index (χ0v) is 9.89. The van der Waals surface area contributed by atoms with E-state index in [1.165, 1.54) is 0 Å². The van der Waals surface area contributed by atoms with Gasteiger partial charge in [-0.15, -0.1) is 0 Å². The molecular formula is C9H19O2Si. The van der Waals surface area contributed by atoms with Gasteiger partial charge in [0, 0.05) is 0 Å². The predicted molar refractivity (Wildman–Crippen MR) is 53.4 cm³/mol. The standard InChI is InChI=1S/C9H19O2Si/c1-8(7-10)11-12(5,6)9(2,3)4/h8H,1-6H3/t8-/m0/s1. The Hall–Kier alpha value is -0.153. The Morgan fingerprint density at radius 1 is 1.33 bits per heavy atom. The zero-order chi connectivity index (χ0) is 9.99. The molecule has 0 saturated carbocycles. The van der Waals surface area contributed by atoms with Crippen molar-refractivity contribution in [2.75, 3.05) is 0 Å². The normalized spacial score (nSPS) is 15.8. The molecule has 3 heteroatoms. The van der Waals surface area contributed by atoms with E-state index < -0.39 is 8.32 Å². The average molecular weight is 187 g/mol. The van der Waals surface area contributed by atoms with Crippen LogP contribution in [0, 0.1) is 0 Å². The van der Waals surface area contributed by atoms with E-state index in [4.69, 9.17) is 4.43 Å². The minimum absolute atomic E-state index is 0.165. The van der Waals surface area contributed by atoms with E-state index in [1.807, 2.05) is 6.29 Å². The van der Waals surface area contributed by atoms with Gasteiger partial charge in [0.2, 0.25) is 6.29 Å². The fraction of sp³-hybridized carbons (Fsp3) is 0.889. The molecule has 0 heterocycles. The second kappa shape index (κ2) is 3.71. The van der Waals surface area contributed by atoms with Crippen LogP contribution < -0.4 is 0 Å². The highest BCUT2D eigenvalue weighted by Crippen LogP contribution is 2.36. The summed E-state index contributed by atoms with van der Waals surface area (Å²) in [5.41, 5.74) is 0. The molecule has 0 rings (SSSR count). The highest BCUT2D eigenvalue weighted by molar-refractivity contribution is 6.74. The third-order valence-corrected chi connectivity index (χ3v) is 7.00. The van der Waals surface area contributed by atoms with Crippen molar-refractivity contribution in [3.63, 3.8) is 0 Å². The highest BCUT2D eigenvalue weighted by atomic mass is 28.4. The van der Waals surface area contributed by atoms with Gasteiger partial charge in [-0.25, -0.2) is 0 Å². The molecule has 1 radical (unpaired) electrons. The van der Waals surface area contributed by atoms with Gasteiger partial charge < -0.3 is 4.43 Å². The summed E-state index contributed by atoms with van der Waals surface area (Å²) in [4.78, 5) is 10.3. The second-order valence-corrected chi connectivity index (χ2v) is 9.39. The first-order valence-corrected chi connectivity index (χ1v) is 7.17. The van der Waals surface area contributed by atoms with Crippen LogP contribution in [-0.2, 0) is 9.22 Å². The van der Waals surface area contributed by atoms with Crippen LogP contribution in [0.3, 0.4) is 0 Å². The molecule has 0 aromatic heterocycles. The summed E-state index contributed by atoms with van der Waals surface area (Å²) in [6, 6.07) is 0. The maximum Gasteiger partial charge on any atom is 0.228 e. The first-order valence-electron chi connectivity index (χ1n) is 4.26. The Morgan fingerprint density at radius 3 is 2.00 bits per heavy atom. The van der Waals surface area contributed by atoms with Crippen LogP contribution in [-0.4, -0.2) is 20.7 Å². The van der Waals surface area contributed by atoms with Crippen LogP contribution in [0.1, 0.15) is 27.7 Å². The van der Waals surface area contributed by atoms with E-state index in [0.717, 1.165) is 0 Å². The fourth-order valence-corrected chi connectivity index (χ4v) is 1.93. The third-order valence-electron chi connectivity index (χ3n) is 2.44. The van der Waals surface area contributed by atoms with Gasteiger partial charge in [-0.1, -0.05) is 20.8 Å². The first kappa shape index (κ1) is 11.8. The molecule has 0 bridgehead atoms. The molecule has 0 N–H and O–H groups in total. The molecule has 0 aromatic rings. The van der Waals surface area contributed by atoms with Crippen molar-refractivity contribution in [3.05, 3.63) is 0 Å². The van der Waals surface area contributed by atoms with Gasteiger partial charge in [-0.2, -0.15) is 0 Å². The molecule has 2 nitrogen and oxygen atoms in total. The fourth-order valence-electron chi connectivity index (χ4n) is 0.643. The lowest BCUT2D eigenvalue weighted by Crippen LogP contribution is -2.43. The Balaban J connectivity index is 4.32. The Morgan fingerprint density at radius 2 is 1.75 bits per heavy atom. The monoisotopic (exact) mass is 187 g/mol. The van der Waals surface area contributed by atoms with Crippen LogP contribution in [0.5, 0.6) is 0 Å². The molecule has 0 saturated heterocycles. The molecule has 0 aliphatic rings. The summed E-state index contributed by atoms with van der Waals surface area (Å²) in [6.07, 6.45) is 1.47. The molecule has 12 heavy (non-hydrogen) atoms. The highest BCUT2D eigenvalue weighted by Gasteiger charge is 2.38. The van der Waals surface area contributed by atoms with Gasteiger partial charge in [0.15, 0.2) is 8.32 Å². The zero-order valence-electron chi connectivity index (χ0n) is 8.89. The van der Waals surface area contributed by atoms with Gasteiger partial charge in [0.25, 0.3) is 0 Å². The first-order chi connectivity index (χ1) is 5.20. The molecule has 1 atom stereocenters.